The molecule has 0 atom stereocenters. The van der Waals surface area contributed by atoms with E-state index in [1.807, 2.05) is 0 Å². The van der Waals surface area contributed by atoms with E-state index in [1.165, 1.54) is 12.1 Å². The number of aliphatic hydroxyl groups is 1. The standard InChI is InChI=1S/C15H21FN2O3/c16-13-4-1-2-5-14(13)17-15(20)18-8-6-12(7-9-18)21-11-3-10-19/h1-2,4-5,12,19H,3,6-11H2,(H,17,20). The summed E-state index contributed by atoms with van der Waals surface area (Å²) in [5.74, 6) is -0.437. The Hall–Kier alpha value is -1.66. The summed E-state index contributed by atoms with van der Waals surface area (Å²) in [7, 11) is 0. The number of likely N-dealkylation sites (tertiary alicyclic amines) is 1. The molecule has 6 heteroatoms. The Morgan fingerprint density at radius 2 is 2.10 bits per heavy atom. The molecule has 1 aromatic rings. The van der Waals surface area contributed by atoms with Gasteiger partial charge in [0.2, 0.25) is 0 Å². The SMILES string of the molecule is O=C(Nc1ccccc1F)N1CCC(OCCCO)CC1. The van der Waals surface area contributed by atoms with Crippen LogP contribution in [0.25, 0.3) is 0 Å². The number of carbonyl (C=O) groups is 1. The van der Waals surface area contributed by atoms with Crippen molar-refractivity contribution in [1.29, 1.82) is 0 Å². The normalized spacial score (nSPS) is 16.0. The monoisotopic (exact) mass is 296 g/mol. The molecule has 1 aliphatic heterocycles. The second-order valence-corrected chi connectivity index (χ2v) is 5.04. The maximum Gasteiger partial charge on any atom is 0.321 e. The topological polar surface area (TPSA) is 61.8 Å². The minimum absolute atomic E-state index is 0.129. The maximum atomic E-state index is 13.5. The molecule has 2 amide bonds. The Bertz CT molecular complexity index is 462. The van der Waals surface area contributed by atoms with Gasteiger partial charge in [-0.2, -0.15) is 0 Å². The number of hydrogen-bond acceptors (Lipinski definition) is 3. The van der Waals surface area contributed by atoms with Crippen LogP contribution in [0.1, 0.15) is 19.3 Å². The fraction of sp³-hybridized carbons (Fsp3) is 0.533. The molecule has 0 aliphatic carbocycles. The molecule has 1 heterocycles. The minimum Gasteiger partial charge on any atom is -0.396 e. The quantitative estimate of drug-likeness (QED) is 0.819. The van der Waals surface area contributed by atoms with Gasteiger partial charge >= 0.3 is 6.03 Å². The van der Waals surface area contributed by atoms with Crippen LogP contribution in [0.3, 0.4) is 0 Å². The van der Waals surface area contributed by atoms with Crippen molar-refractivity contribution < 1.29 is 19.0 Å². The van der Waals surface area contributed by atoms with E-state index in [0.717, 1.165) is 12.8 Å². The fourth-order valence-corrected chi connectivity index (χ4v) is 2.30. The first-order valence-electron chi connectivity index (χ1n) is 7.23. The van der Waals surface area contributed by atoms with Gasteiger partial charge < -0.3 is 20.1 Å². The van der Waals surface area contributed by atoms with E-state index in [9.17, 15) is 9.18 Å². The Kier molecular flexibility index (Phi) is 5.95. The van der Waals surface area contributed by atoms with Crippen LogP contribution in [0.4, 0.5) is 14.9 Å². The number of carbonyl (C=O) groups excluding carboxylic acids is 1. The largest absolute Gasteiger partial charge is 0.396 e. The van der Waals surface area contributed by atoms with E-state index in [4.69, 9.17) is 9.84 Å². The Balaban J connectivity index is 1.77. The molecule has 0 unspecified atom stereocenters. The summed E-state index contributed by atoms with van der Waals surface area (Å²) in [5, 5.41) is 11.3. The van der Waals surface area contributed by atoms with Crippen LogP contribution in [0.5, 0.6) is 0 Å². The van der Waals surface area contributed by atoms with Crippen molar-refractivity contribution >= 4 is 11.7 Å². The number of amides is 2. The van der Waals surface area contributed by atoms with Crippen LogP contribution in [-0.4, -0.2) is 48.4 Å². The Morgan fingerprint density at radius 3 is 2.76 bits per heavy atom. The molecular weight excluding hydrogens is 275 g/mol. The van der Waals surface area contributed by atoms with Gasteiger partial charge in [0, 0.05) is 26.3 Å². The highest BCUT2D eigenvalue weighted by Crippen LogP contribution is 2.17. The third-order valence-corrected chi connectivity index (χ3v) is 3.50. The number of para-hydroxylation sites is 1. The molecular formula is C15H21FN2O3. The van der Waals surface area contributed by atoms with E-state index < -0.39 is 5.82 Å². The lowest BCUT2D eigenvalue weighted by molar-refractivity contribution is 0.0101. The van der Waals surface area contributed by atoms with Crippen molar-refractivity contribution in [3.63, 3.8) is 0 Å². The van der Waals surface area contributed by atoms with E-state index >= 15 is 0 Å². The van der Waals surface area contributed by atoms with Gasteiger partial charge in [-0.1, -0.05) is 12.1 Å². The highest BCUT2D eigenvalue weighted by Gasteiger charge is 2.23. The smallest absolute Gasteiger partial charge is 0.321 e. The average molecular weight is 296 g/mol. The zero-order valence-corrected chi connectivity index (χ0v) is 11.9. The lowest BCUT2D eigenvalue weighted by Crippen LogP contribution is -2.43. The van der Waals surface area contributed by atoms with Crippen LogP contribution < -0.4 is 5.32 Å². The molecule has 2 N–H and O–H groups in total. The molecule has 0 bridgehead atoms. The number of halogens is 1. The summed E-state index contributed by atoms with van der Waals surface area (Å²) >= 11 is 0. The number of nitrogens with zero attached hydrogens (tertiary/aromatic N) is 1. The molecule has 0 aromatic heterocycles. The number of ether oxygens (including phenoxy) is 1. The van der Waals surface area contributed by atoms with Crippen molar-refractivity contribution in [3.05, 3.63) is 30.1 Å². The van der Waals surface area contributed by atoms with E-state index in [2.05, 4.69) is 5.32 Å². The summed E-state index contributed by atoms with van der Waals surface area (Å²) in [6.45, 7) is 1.85. The van der Waals surface area contributed by atoms with Gasteiger partial charge in [-0.15, -0.1) is 0 Å². The third-order valence-electron chi connectivity index (χ3n) is 3.50. The predicted molar refractivity (Wildman–Crippen MR) is 77.7 cm³/mol. The average Bonchev–Trinajstić information content (AvgIpc) is 2.50. The van der Waals surface area contributed by atoms with Gasteiger partial charge in [-0.3, -0.25) is 0 Å². The van der Waals surface area contributed by atoms with Crippen molar-refractivity contribution in [1.82, 2.24) is 4.90 Å². The van der Waals surface area contributed by atoms with E-state index in [0.29, 0.717) is 26.1 Å². The summed E-state index contributed by atoms with van der Waals surface area (Å²) in [5.41, 5.74) is 0.198. The number of aliphatic hydroxyl groups excluding tert-OH is 1. The number of hydrogen-bond donors (Lipinski definition) is 2. The van der Waals surface area contributed by atoms with Crippen molar-refractivity contribution in [3.8, 4) is 0 Å². The summed E-state index contributed by atoms with van der Waals surface area (Å²) in [6.07, 6.45) is 2.29. The van der Waals surface area contributed by atoms with E-state index in [-0.39, 0.29) is 24.4 Å². The molecule has 21 heavy (non-hydrogen) atoms. The molecule has 2 rings (SSSR count). The van der Waals surface area contributed by atoms with Crippen LogP contribution >= 0.6 is 0 Å². The van der Waals surface area contributed by atoms with Crippen molar-refractivity contribution in [2.24, 2.45) is 0 Å². The molecule has 1 aliphatic rings. The van der Waals surface area contributed by atoms with E-state index in [1.54, 1.807) is 17.0 Å². The third kappa shape index (κ3) is 4.68. The number of anilines is 1. The zero-order valence-electron chi connectivity index (χ0n) is 11.9. The summed E-state index contributed by atoms with van der Waals surface area (Å²) < 4.78 is 19.1. The molecule has 0 saturated carbocycles. The lowest BCUT2D eigenvalue weighted by Gasteiger charge is -2.32. The number of nitrogens with one attached hydrogen (secondary N) is 1. The highest BCUT2D eigenvalue weighted by molar-refractivity contribution is 5.89. The predicted octanol–water partition coefficient (Wildman–Crippen LogP) is 2.22. The molecule has 1 fully saturated rings. The van der Waals surface area contributed by atoms with Gasteiger partial charge in [0.05, 0.1) is 11.8 Å². The van der Waals surface area contributed by atoms with Gasteiger partial charge in [0.25, 0.3) is 0 Å². The van der Waals surface area contributed by atoms with Gasteiger partial charge in [-0.25, -0.2) is 9.18 Å². The van der Waals surface area contributed by atoms with Crippen LogP contribution in [0, 0.1) is 5.82 Å². The van der Waals surface area contributed by atoms with Crippen LogP contribution in [-0.2, 0) is 4.74 Å². The lowest BCUT2D eigenvalue weighted by atomic mass is 10.1. The zero-order chi connectivity index (χ0) is 15.1. The Labute approximate surface area is 123 Å². The maximum absolute atomic E-state index is 13.5. The van der Waals surface area contributed by atoms with Gasteiger partial charge in [-0.05, 0) is 31.4 Å². The Morgan fingerprint density at radius 1 is 1.38 bits per heavy atom. The number of benzene rings is 1. The number of rotatable bonds is 5. The van der Waals surface area contributed by atoms with Crippen LogP contribution in [0.2, 0.25) is 0 Å². The minimum atomic E-state index is -0.437. The number of piperidine rings is 1. The first-order valence-corrected chi connectivity index (χ1v) is 7.23. The van der Waals surface area contributed by atoms with Crippen molar-refractivity contribution in [2.75, 3.05) is 31.6 Å². The molecule has 116 valence electrons. The summed E-state index contributed by atoms with van der Waals surface area (Å²) in [4.78, 5) is 13.7. The number of urea groups is 1. The fourth-order valence-electron chi connectivity index (χ4n) is 2.30. The molecule has 1 saturated heterocycles. The second-order valence-electron chi connectivity index (χ2n) is 5.04. The first kappa shape index (κ1) is 15.7. The molecule has 0 spiro atoms. The second kappa shape index (κ2) is 7.95. The highest BCUT2D eigenvalue weighted by atomic mass is 19.1. The molecule has 0 radical (unpaired) electrons. The van der Waals surface area contributed by atoms with Gasteiger partial charge in [0.15, 0.2) is 0 Å². The van der Waals surface area contributed by atoms with Gasteiger partial charge in [0.1, 0.15) is 5.82 Å². The summed E-state index contributed by atoms with van der Waals surface area (Å²) in [6, 6.07) is 5.84. The van der Waals surface area contributed by atoms with Crippen LogP contribution in [0.15, 0.2) is 24.3 Å². The van der Waals surface area contributed by atoms with Crippen molar-refractivity contribution in [2.45, 2.75) is 25.4 Å². The molecule has 5 nitrogen and oxygen atoms in total. The molecule has 1 aromatic carbocycles. The first-order chi connectivity index (χ1) is 10.2.